The molecule has 1 saturated carbocycles. The number of nitrogens with zero attached hydrogens (tertiary/aromatic N) is 3. The molecule has 2 aliphatic rings. The SMILES string of the molecule is COCCn1c(CO)nnc1C1CC(NC(=O)c2ccc3c(c2)CCO3)C1. The number of amides is 1. The number of fused-ring (bicyclic) bond motifs is 1. The van der Waals surface area contributed by atoms with Crippen LogP contribution in [0.25, 0.3) is 0 Å². The number of nitrogens with one attached hydrogen (secondary N) is 1. The standard InChI is InChI=1S/C19H24N4O4/c1-26-7-5-23-17(11-24)21-22-18(23)14-9-15(10-14)20-19(25)13-2-3-16-12(8-13)4-6-27-16/h2-3,8,14-15,24H,4-7,9-11H2,1H3,(H,20,25). The van der Waals surface area contributed by atoms with Crippen LogP contribution >= 0.6 is 0 Å². The van der Waals surface area contributed by atoms with Gasteiger partial charge in [-0.05, 0) is 36.6 Å². The number of benzene rings is 1. The zero-order valence-corrected chi connectivity index (χ0v) is 15.4. The van der Waals surface area contributed by atoms with Gasteiger partial charge in [-0.1, -0.05) is 0 Å². The molecule has 1 aromatic carbocycles. The van der Waals surface area contributed by atoms with E-state index in [4.69, 9.17) is 9.47 Å². The van der Waals surface area contributed by atoms with Crippen molar-refractivity contribution in [2.24, 2.45) is 0 Å². The van der Waals surface area contributed by atoms with E-state index in [1.165, 1.54) is 0 Å². The number of aromatic nitrogens is 3. The first-order valence-electron chi connectivity index (χ1n) is 9.28. The summed E-state index contributed by atoms with van der Waals surface area (Å²) >= 11 is 0. The molecule has 27 heavy (non-hydrogen) atoms. The molecular weight excluding hydrogens is 348 g/mol. The summed E-state index contributed by atoms with van der Waals surface area (Å²) in [5.74, 6) is 2.47. The maximum Gasteiger partial charge on any atom is 0.251 e. The minimum Gasteiger partial charge on any atom is -0.493 e. The van der Waals surface area contributed by atoms with Gasteiger partial charge in [0.1, 0.15) is 18.2 Å². The Morgan fingerprint density at radius 3 is 3.04 bits per heavy atom. The van der Waals surface area contributed by atoms with Crippen molar-refractivity contribution in [3.63, 3.8) is 0 Å². The van der Waals surface area contributed by atoms with Gasteiger partial charge < -0.3 is 24.5 Å². The maximum absolute atomic E-state index is 12.5. The Morgan fingerprint density at radius 2 is 2.26 bits per heavy atom. The van der Waals surface area contributed by atoms with Gasteiger partial charge in [0.15, 0.2) is 5.82 Å². The van der Waals surface area contributed by atoms with E-state index >= 15 is 0 Å². The van der Waals surface area contributed by atoms with Crippen molar-refractivity contribution in [3.05, 3.63) is 41.0 Å². The van der Waals surface area contributed by atoms with Crippen molar-refractivity contribution < 1.29 is 19.4 Å². The largest absolute Gasteiger partial charge is 0.493 e. The molecule has 2 heterocycles. The third-order valence-electron chi connectivity index (χ3n) is 5.31. The van der Waals surface area contributed by atoms with Crippen molar-refractivity contribution in [2.45, 2.75) is 44.4 Å². The highest BCUT2D eigenvalue weighted by molar-refractivity contribution is 5.94. The summed E-state index contributed by atoms with van der Waals surface area (Å²) < 4.78 is 12.5. The molecule has 0 spiro atoms. The summed E-state index contributed by atoms with van der Waals surface area (Å²) in [4.78, 5) is 12.5. The second kappa shape index (κ2) is 7.66. The molecule has 8 heteroatoms. The highest BCUT2D eigenvalue weighted by atomic mass is 16.5. The van der Waals surface area contributed by atoms with Crippen LogP contribution in [0, 0.1) is 0 Å². The van der Waals surface area contributed by atoms with E-state index in [1.54, 1.807) is 7.11 Å². The van der Waals surface area contributed by atoms with Gasteiger partial charge in [-0.2, -0.15) is 0 Å². The molecule has 1 aliphatic heterocycles. The summed E-state index contributed by atoms with van der Waals surface area (Å²) in [5.41, 5.74) is 1.77. The second-order valence-corrected chi connectivity index (χ2v) is 7.04. The van der Waals surface area contributed by atoms with E-state index in [-0.39, 0.29) is 24.5 Å². The highest BCUT2D eigenvalue weighted by Gasteiger charge is 2.35. The molecule has 0 radical (unpaired) electrons. The normalized spacial score (nSPS) is 20.7. The lowest BCUT2D eigenvalue weighted by Crippen LogP contribution is -2.44. The van der Waals surface area contributed by atoms with Crippen LogP contribution in [0.2, 0.25) is 0 Å². The fourth-order valence-electron chi connectivity index (χ4n) is 3.74. The summed E-state index contributed by atoms with van der Waals surface area (Å²) in [5, 5.41) is 20.8. The van der Waals surface area contributed by atoms with Gasteiger partial charge in [-0.3, -0.25) is 4.79 Å². The minimum atomic E-state index is -0.147. The monoisotopic (exact) mass is 372 g/mol. The van der Waals surface area contributed by atoms with Crippen LogP contribution in [0.5, 0.6) is 5.75 Å². The van der Waals surface area contributed by atoms with Crippen LogP contribution in [0.4, 0.5) is 0 Å². The van der Waals surface area contributed by atoms with Crippen LogP contribution in [-0.2, 0) is 24.3 Å². The Hall–Kier alpha value is -2.45. The van der Waals surface area contributed by atoms with Gasteiger partial charge in [0, 0.05) is 37.6 Å². The molecule has 0 saturated heterocycles. The van der Waals surface area contributed by atoms with Crippen LogP contribution in [0.3, 0.4) is 0 Å². The smallest absolute Gasteiger partial charge is 0.251 e. The number of rotatable bonds is 7. The lowest BCUT2D eigenvalue weighted by atomic mass is 9.79. The number of hydrogen-bond donors (Lipinski definition) is 2. The molecule has 144 valence electrons. The topological polar surface area (TPSA) is 98.5 Å². The van der Waals surface area contributed by atoms with Gasteiger partial charge in [0.05, 0.1) is 13.2 Å². The number of carbonyl (C=O) groups excluding carboxylic acids is 1. The van der Waals surface area contributed by atoms with Crippen LogP contribution in [0.15, 0.2) is 18.2 Å². The molecule has 0 unspecified atom stereocenters. The molecule has 2 N–H and O–H groups in total. The van der Waals surface area contributed by atoms with Gasteiger partial charge in [0.25, 0.3) is 5.91 Å². The number of carbonyl (C=O) groups is 1. The maximum atomic E-state index is 12.5. The number of aliphatic hydroxyl groups excluding tert-OH is 1. The molecule has 1 amide bonds. The number of methoxy groups -OCH3 is 1. The van der Waals surface area contributed by atoms with Gasteiger partial charge >= 0.3 is 0 Å². The third kappa shape index (κ3) is 3.54. The van der Waals surface area contributed by atoms with Gasteiger partial charge in [-0.15, -0.1) is 10.2 Å². The van der Waals surface area contributed by atoms with Gasteiger partial charge in [-0.25, -0.2) is 0 Å². The van der Waals surface area contributed by atoms with Crippen molar-refractivity contribution >= 4 is 5.91 Å². The first kappa shape index (κ1) is 17.9. The van der Waals surface area contributed by atoms with Crippen molar-refractivity contribution in [1.29, 1.82) is 0 Å². The fourth-order valence-corrected chi connectivity index (χ4v) is 3.74. The molecule has 4 rings (SSSR count). The summed E-state index contributed by atoms with van der Waals surface area (Å²) in [6.45, 7) is 1.68. The first-order chi connectivity index (χ1) is 13.2. The number of aliphatic hydroxyl groups is 1. The molecule has 1 aromatic heterocycles. The summed E-state index contributed by atoms with van der Waals surface area (Å²) in [6, 6.07) is 5.72. The predicted molar refractivity (Wildman–Crippen MR) is 96.7 cm³/mol. The lowest BCUT2D eigenvalue weighted by Gasteiger charge is -2.35. The van der Waals surface area contributed by atoms with Crippen LogP contribution in [-0.4, -0.2) is 52.1 Å². The Morgan fingerprint density at radius 1 is 1.41 bits per heavy atom. The molecule has 1 aliphatic carbocycles. The fraction of sp³-hybridized carbons (Fsp3) is 0.526. The Kier molecular flexibility index (Phi) is 5.09. The van der Waals surface area contributed by atoms with E-state index in [1.807, 2.05) is 22.8 Å². The quantitative estimate of drug-likeness (QED) is 0.753. The van der Waals surface area contributed by atoms with Crippen LogP contribution in [0.1, 0.15) is 46.3 Å². The van der Waals surface area contributed by atoms with Crippen molar-refractivity contribution in [3.8, 4) is 5.75 Å². The minimum absolute atomic E-state index is 0.0509. The van der Waals surface area contributed by atoms with E-state index in [0.717, 1.165) is 36.4 Å². The molecule has 1 fully saturated rings. The van der Waals surface area contributed by atoms with E-state index < -0.39 is 0 Å². The first-order valence-corrected chi connectivity index (χ1v) is 9.28. The third-order valence-corrected chi connectivity index (χ3v) is 5.31. The number of hydrogen-bond acceptors (Lipinski definition) is 6. The molecule has 0 atom stereocenters. The van der Waals surface area contributed by atoms with Crippen molar-refractivity contribution in [2.75, 3.05) is 20.3 Å². The highest BCUT2D eigenvalue weighted by Crippen LogP contribution is 2.36. The molecule has 2 aromatic rings. The second-order valence-electron chi connectivity index (χ2n) is 7.04. The van der Waals surface area contributed by atoms with Gasteiger partial charge in [0.2, 0.25) is 0 Å². The molecule has 0 bridgehead atoms. The average Bonchev–Trinajstić information content (AvgIpc) is 3.27. The van der Waals surface area contributed by atoms with Crippen LogP contribution < -0.4 is 10.1 Å². The Balaban J connectivity index is 1.36. The summed E-state index contributed by atoms with van der Waals surface area (Å²) in [7, 11) is 1.64. The molecule has 8 nitrogen and oxygen atoms in total. The van der Waals surface area contributed by atoms with Crippen molar-refractivity contribution in [1.82, 2.24) is 20.1 Å². The Bertz CT molecular complexity index is 829. The van der Waals surface area contributed by atoms with E-state index in [0.29, 0.717) is 31.1 Å². The van der Waals surface area contributed by atoms with E-state index in [9.17, 15) is 9.90 Å². The average molecular weight is 372 g/mol. The Labute approximate surface area is 157 Å². The summed E-state index contributed by atoms with van der Waals surface area (Å²) in [6.07, 6.45) is 2.49. The van der Waals surface area contributed by atoms with E-state index in [2.05, 4.69) is 15.5 Å². The zero-order valence-electron chi connectivity index (χ0n) is 15.4. The number of ether oxygens (including phenoxy) is 2. The lowest BCUT2D eigenvalue weighted by molar-refractivity contribution is 0.0906. The zero-order chi connectivity index (χ0) is 18.8. The predicted octanol–water partition coefficient (Wildman–Crippen LogP) is 1.03. The molecular formula is C19H24N4O4.